The number of amides is 1. The van der Waals surface area contributed by atoms with Crippen LogP contribution >= 0.6 is 0 Å². The normalized spacial score (nSPS) is 21.6. The molecule has 0 aliphatic carbocycles. The van der Waals surface area contributed by atoms with Crippen LogP contribution in [0.25, 0.3) is 0 Å². The Balaban J connectivity index is 1.45. The van der Waals surface area contributed by atoms with E-state index >= 15 is 0 Å². The number of furan rings is 1. The highest BCUT2D eigenvalue weighted by atomic mass is 16.3. The van der Waals surface area contributed by atoms with E-state index in [1.54, 1.807) is 6.26 Å². The lowest BCUT2D eigenvalue weighted by Crippen LogP contribution is -2.39. The summed E-state index contributed by atoms with van der Waals surface area (Å²) in [5.41, 5.74) is 0.893. The predicted octanol–water partition coefficient (Wildman–Crippen LogP) is 2.72. The average molecular weight is 371 g/mol. The van der Waals surface area contributed by atoms with Gasteiger partial charge in [0.1, 0.15) is 11.6 Å². The summed E-state index contributed by atoms with van der Waals surface area (Å²) in [7, 11) is 2.06. The smallest absolute Gasteiger partial charge is 0.289 e. The van der Waals surface area contributed by atoms with E-state index in [-0.39, 0.29) is 11.8 Å². The summed E-state index contributed by atoms with van der Waals surface area (Å²) in [6.07, 6.45) is 7.48. The van der Waals surface area contributed by atoms with E-state index in [1.807, 2.05) is 17.9 Å². The number of nitrogens with zero attached hydrogens (tertiary/aromatic N) is 5. The van der Waals surface area contributed by atoms with Crippen molar-refractivity contribution in [1.29, 1.82) is 0 Å². The fourth-order valence-corrected chi connectivity index (χ4v) is 4.29. The first kappa shape index (κ1) is 18.2. The molecule has 2 aromatic rings. The van der Waals surface area contributed by atoms with Gasteiger partial charge < -0.3 is 13.9 Å². The van der Waals surface area contributed by atoms with Crippen LogP contribution in [0.5, 0.6) is 0 Å². The van der Waals surface area contributed by atoms with E-state index in [0.29, 0.717) is 12.3 Å². The van der Waals surface area contributed by atoms with Crippen molar-refractivity contribution in [2.24, 2.45) is 7.05 Å². The summed E-state index contributed by atoms with van der Waals surface area (Å²) in [5.74, 6) is 2.69. The Hall–Kier alpha value is -2.15. The van der Waals surface area contributed by atoms with E-state index < -0.39 is 0 Å². The minimum Gasteiger partial charge on any atom is -0.459 e. The van der Waals surface area contributed by atoms with Crippen molar-refractivity contribution >= 4 is 5.91 Å². The highest BCUT2D eigenvalue weighted by Gasteiger charge is 2.30. The molecule has 1 atom stereocenters. The SMILES string of the molecule is Cc1ccoc1C(=O)N1CCC[C@H](c2nnc(CN3CCCCC3)n2C)C1. The molecule has 2 aliphatic rings. The maximum atomic E-state index is 12.8. The van der Waals surface area contributed by atoms with E-state index in [9.17, 15) is 4.79 Å². The molecule has 146 valence electrons. The Bertz CT molecular complexity index is 790. The molecule has 7 nitrogen and oxygen atoms in total. The molecule has 0 spiro atoms. The maximum absolute atomic E-state index is 12.8. The van der Waals surface area contributed by atoms with E-state index in [0.717, 1.165) is 56.2 Å². The Morgan fingerprint density at radius 2 is 2.00 bits per heavy atom. The molecule has 7 heteroatoms. The van der Waals surface area contributed by atoms with Gasteiger partial charge in [-0.15, -0.1) is 10.2 Å². The van der Waals surface area contributed by atoms with Gasteiger partial charge in [0.05, 0.1) is 12.8 Å². The average Bonchev–Trinajstić information content (AvgIpc) is 3.28. The summed E-state index contributed by atoms with van der Waals surface area (Å²) in [6.45, 7) is 6.52. The third kappa shape index (κ3) is 3.78. The number of carbonyl (C=O) groups is 1. The number of rotatable bonds is 4. The minimum absolute atomic E-state index is 0.0158. The first-order chi connectivity index (χ1) is 13.1. The zero-order valence-electron chi connectivity index (χ0n) is 16.4. The fourth-order valence-electron chi connectivity index (χ4n) is 4.29. The standard InChI is InChI=1S/C20H29N5O2/c1-15-8-12-27-18(15)20(26)25-11-6-7-16(13-25)19-22-21-17(23(19)2)14-24-9-4-3-5-10-24/h8,12,16H,3-7,9-11,13-14H2,1-2H3/t16-/m0/s1. The van der Waals surface area contributed by atoms with E-state index in [2.05, 4.69) is 26.7 Å². The second kappa shape index (κ2) is 7.84. The Kier molecular flexibility index (Phi) is 5.29. The highest BCUT2D eigenvalue weighted by Crippen LogP contribution is 2.27. The van der Waals surface area contributed by atoms with Crippen molar-refractivity contribution < 1.29 is 9.21 Å². The number of likely N-dealkylation sites (tertiary alicyclic amines) is 2. The van der Waals surface area contributed by atoms with Crippen LogP contribution in [0.4, 0.5) is 0 Å². The third-order valence-corrected chi connectivity index (χ3v) is 5.94. The van der Waals surface area contributed by atoms with Crippen LogP contribution in [0.3, 0.4) is 0 Å². The van der Waals surface area contributed by atoms with Crippen LogP contribution < -0.4 is 0 Å². The number of aromatic nitrogens is 3. The van der Waals surface area contributed by atoms with Gasteiger partial charge in [-0.1, -0.05) is 6.42 Å². The number of hydrogen-bond donors (Lipinski definition) is 0. The van der Waals surface area contributed by atoms with Gasteiger partial charge in [0.2, 0.25) is 0 Å². The Morgan fingerprint density at radius 1 is 1.19 bits per heavy atom. The second-order valence-corrected chi connectivity index (χ2v) is 7.89. The molecule has 2 fully saturated rings. The fraction of sp³-hybridized carbons (Fsp3) is 0.650. The summed E-state index contributed by atoms with van der Waals surface area (Å²) in [6, 6.07) is 1.84. The Labute approximate surface area is 160 Å². The highest BCUT2D eigenvalue weighted by molar-refractivity contribution is 5.92. The molecule has 2 aliphatic heterocycles. The van der Waals surface area contributed by atoms with Gasteiger partial charge in [-0.2, -0.15) is 0 Å². The molecule has 0 N–H and O–H groups in total. The third-order valence-electron chi connectivity index (χ3n) is 5.94. The summed E-state index contributed by atoms with van der Waals surface area (Å²) >= 11 is 0. The largest absolute Gasteiger partial charge is 0.459 e. The molecule has 0 aromatic carbocycles. The van der Waals surface area contributed by atoms with Crippen molar-refractivity contribution in [3.05, 3.63) is 35.3 Å². The van der Waals surface area contributed by atoms with Gasteiger partial charge >= 0.3 is 0 Å². The van der Waals surface area contributed by atoms with Crippen LogP contribution in [0, 0.1) is 6.92 Å². The van der Waals surface area contributed by atoms with Crippen molar-refractivity contribution in [3.8, 4) is 0 Å². The molecular weight excluding hydrogens is 342 g/mol. The van der Waals surface area contributed by atoms with E-state index in [4.69, 9.17) is 4.42 Å². The first-order valence-electron chi connectivity index (χ1n) is 10.1. The summed E-state index contributed by atoms with van der Waals surface area (Å²) in [4.78, 5) is 17.2. The second-order valence-electron chi connectivity index (χ2n) is 7.89. The van der Waals surface area contributed by atoms with E-state index in [1.165, 1.54) is 19.3 Å². The molecule has 0 unspecified atom stereocenters. The molecule has 0 bridgehead atoms. The molecule has 4 heterocycles. The van der Waals surface area contributed by atoms with Crippen molar-refractivity contribution in [2.75, 3.05) is 26.2 Å². The zero-order valence-corrected chi connectivity index (χ0v) is 16.4. The van der Waals surface area contributed by atoms with Gasteiger partial charge in [0, 0.05) is 31.6 Å². The lowest BCUT2D eigenvalue weighted by molar-refractivity contribution is 0.0670. The zero-order chi connectivity index (χ0) is 18.8. The molecule has 1 amide bonds. The van der Waals surface area contributed by atoms with Crippen molar-refractivity contribution in [1.82, 2.24) is 24.6 Å². The monoisotopic (exact) mass is 371 g/mol. The van der Waals surface area contributed by atoms with Gasteiger partial charge in [-0.05, 0) is 51.8 Å². The van der Waals surface area contributed by atoms with Crippen LogP contribution in [0.1, 0.15) is 65.8 Å². The topological polar surface area (TPSA) is 67.4 Å². The van der Waals surface area contributed by atoms with Crippen molar-refractivity contribution in [2.45, 2.75) is 51.5 Å². The molecule has 27 heavy (non-hydrogen) atoms. The number of aryl methyl sites for hydroxylation is 1. The first-order valence-corrected chi connectivity index (χ1v) is 10.1. The van der Waals surface area contributed by atoms with Gasteiger partial charge in [-0.25, -0.2) is 0 Å². The number of piperidine rings is 2. The maximum Gasteiger partial charge on any atom is 0.289 e. The summed E-state index contributed by atoms with van der Waals surface area (Å²) < 4.78 is 7.55. The molecule has 2 saturated heterocycles. The summed E-state index contributed by atoms with van der Waals surface area (Å²) in [5, 5.41) is 8.97. The lowest BCUT2D eigenvalue weighted by Gasteiger charge is -2.32. The molecule has 2 aromatic heterocycles. The molecular formula is C20H29N5O2. The van der Waals surface area contributed by atoms with Crippen LogP contribution in [0.15, 0.2) is 16.7 Å². The molecule has 0 saturated carbocycles. The van der Waals surface area contributed by atoms with Gasteiger partial charge in [0.15, 0.2) is 5.76 Å². The van der Waals surface area contributed by atoms with Crippen LogP contribution in [0.2, 0.25) is 0 Å². The van der Waals surface area contributed by atoms with Crippen molar-refractivity contribution in [3.63, 3.8) is 0 Å². The predicted molar refractivity (Wildman–Crippen MR) is 101 cm³/mol. The lowest BCUT2D eigenvalue weighted by atomic mass is 9.96. The van der Waals surface area contributed by atoms with Crippen LogP contribution in [-0.2, 0) is 13.6 Å². The van der Waals surface area contributed by atoms with Gasteiger partial charge in [0.25, 0.3) is 5.91 Å². The number of hydrogen-bond acceptors (Lipinski definition) is 5. The Morgan fingerprint density at radius 3 is 2.74 bits per heavy atom. The quantitative estimate of drug-likeness (QED) is 0.827. The number of carbonyl (C=O) groups excluding carboxylic acids is 1. The van der Waals surface area contributed by atoms with Gasteiger partial charge in [-0.3, -0.25) is 9.69 Å². The minimum atomic E-state index is -0.0158. The molecule has 0 radical (unpaired) electrons. The molecule has 4 rings (SSSR count). The van der Waals surface area contributed by atoms with Crippen LogP contribution in [-0.4, -0.2) is 56.7 Å².